The molecule has 0 amide bonds. The van der Waals surface area contributed by atoms with Gasteiger partial charge in [0, 0.05) is 18.3 Å². The lowest BCUT2D eigenvalue weighted by atomic mass is 10.2. The van der Waals surface area contributed by atoms with Crippen molar-refractivity contribution in [3.05, 3.63) is 41.5 Å². The topological polar surface area (TPSA) is 80.9 Å². The first-order chi connectivity index (χ1) is 8.63. The Balaban J connectivity index is 2.00. The van der Waals surface area contributed by atoms with E-state index in [0.29, 0.717) is 18.7 Å². The van der Waals surface area contributed by atoms with Crippen molar-refractivity contribution in [3.8, 4) is 0 Å². The zero-order valence-electron chi connectivity index (χ0n) is 10.1. The van der Waals surface area contributed by atoms with E-state index in [1.54, 1.807) is 10.9 Å². The minimum atomic E-state index is -0.829. The smallest absolute Gasteiger partial charge is 0.303 e. The summed E-state index contributed by atoms with van der Waals surface area (Å²) in [6.07, 6.45) is 2.23. The van der Waals surface area contributed by atoms with Crippen LogP contribution in [0.15, 0.2) is 24.4 Å². The van der Waals surface area contributed by atoms with Crippen molar-refractivity contribution in [2.24, 2.45) is 0 Å². The summed E-state index contributed by atoms with van der Waals surface area (Å²) in [6.45, 7) is 2.48. The Morgan fingerprint density at radius 2 is 2.22 bits per heavy atom. The largest absolute Gasteiger partial charge is 0.481 e. The van der Waals surface area contributed by atoms with Crippen LogP contribution in [-0.2, 0) is 17.8 Å². The first kappa shape index (κ1) is 12.2. The number of nitrogens with zero attached hydrogens (tertiary/aromatic N) is 4. The van der Waals surface area contributed by atoms with Crippen LogP contribution in [0.1, 0.15) is 23.5 Å². The van der Waals surface area contributed by atoms with E-state index in [0.717, 1.165) is 11.4 Å². The molecule has 2 heterocycles. The maximum atomic E-state index is 10.4. The lowest BCUT2D eigenvalue weighted by Crippen LogP contribution is -2.03. The van der Waals surface area contributed by atoms with Gasteiger partial charge >= 0.3 is 5.97 Å². The summed E-state index contributed by atoms with van der Waals surface area (Å²) in [6, 6.07) is 5.80. The molecule has 0 saturated heterocycles. The van der Waals surface area contributed by atoms with Gasteiger partial charge in [0.05, 0.1) is 24.4 Å². The van der Waals surface area contributed by atoms with E-state index in [4.69, 9.17) is 5.11 Å². The SMILES string of the molecule is Cc1cccc(Cn2cc(CCC(=O)O)nn2)n1. The molecule has 0 aromatic carbocycles. The molecule has 1 N–H and O–H groups in total. The molecule has 6 nitrogen and oxygen atoms in total. The average Bonchev–Trinajstić information content (AvgIpc) is 2.74. The first-order valence-corrected chi connectivity index (χ1v) is 5.67. The van der Waals surface area contributed by atoms with Crippen LogP contribution in [0.25, 0.3) is 0 Å². The van der Waals surface area contributed by atoms with Crippen LogP contribution in [0.3, 0.4) is 0 Å². The van der Waals surface area contributed by atoms with Gasteiger partial charge < -0.3 is 5.11 Å². The normalized spacial score (nSPS) is 10.5. The van der Waals surface area contributed by atoms with Crippen LogP contribution >= 0.6 is 0 Å². The van der Waals surface area contributed by atoms with Gasteiger partial charge in [-0.15, -0.1) is 5.10 Å². The van der Waals surface area contributed by atoms with Gasteiger partial charge in [0.2, 0.25) is 0 Å². The monoisotopic (exact) mass is 246 g/mol. The first-order valence-electron chi connectivity index (χ1n) is 5.67. The van der Waals surface area contributed by atoms with Crippen molar-refractivity contribution in [3.63, 3.8) is 0 Å². The molecule has 18 heavy (non-hydrogen) atoms. The van der Waals surface area contributed by atoms with Crippen molar-refractivity contribution in [1.82, 2.24) is 20.0 Å². The van der Waals surface area contributed by atoms with E-state index in [1.165, 1.54) is 0 Å². The van der Waals surface area contributed by atoms with Crippen LogP contribution in [0.4, 0.5) is 0 Å². The molecule has 0 aliphatic rings. The van der Waals surface area contributed by atoms with E-state index >= 15 is 0 Å². The second kappa shape index (κ2) is 5.39. The molecule has 6 heteroatoms. The summed E-state index contributed by atoms with van der Waals surface area (Å²) in [7, 11) is 0. The van der Waals surface area contributed by atoms with E-state index in [9.17, 15) is 4.79 Å². The molecule has 2 rings (SSSR count). The molecular weight excluding hydrogens is 232 g/mol. The number of carbonyl (C=O) groups is 1. The van der Waals surface area contributed by atoms with Crippen LogP contribution in [0.2, 0.25) is 0 Å². The quantitative estimate of drug-likeness (QED) is 0.852. The highest BCUT2D eigenvalue weighted by atomic mass is 16.4. The Morgan fingerprint density at radius 3 is 2.94 bits per heavy atom. The van der Waals surface area contributed by atoms with Crippen molar-refractivity contribution in [2.45, 2.75) is 26.3 Å². The van der Waals surface area contributed by atoms with Crippen LogP contribution in [0, 0.1) is 6.92 Å². The van der Waals surface area contributed by atoms with Crippen molar-refractivity contribution < 1.29 is 9.90 Å². The summed E-state index contributed by atoms with van der Waals surface area (Å²) < 4.78 is 1.67. The summed E-state index contributed by atoms with van der Waals surface area (Å²) >= 11 is 0. The number of rotatable bonds is 5. The maximum absolute atomic E-state index is 10.4. The summed E-state index contributed by atoms with van der Waals surface area (Å²) in [5, 5.41) is 16.5. The van der Waals surface area contributed by atoms with Gasteiger partial charge in [-0.1, -0.05) is 11.3 Å². The second-order valence-corrected chi connectivity index (χ2v) is 4.07. The molecule has 0 fully saturated rings. The Hall–Kier alpha value is -2.24. The molecule has 2 aromatic rings. The van der Waals surface area contributed by atoms with Crippen molar-refractivity contribution in [1.29, 1.82) is 0 Å². The molecule has 0 atom stereocenters. The standard InChI is InChI=1S/C12H14N4O2/c1-9-3-2-4-10(13-9)7-16-8-11(14-15-16)5-6-12(17)18/h2-4,8H,5-7H2,1H3,(H,17,18). The Bertz CT molecular complexity index is 551. The third-order valence-electron chi connectivity index (χ3n) is 2.45. The number of carboxylic acids is 1. The van der Waals surface area contributed by atoms with Gasteiger partial charge in [0.15, 0.2) is 0 Å². The third kappa shape index (κ3) is 3.38. The number of aryl methyl sites for hydroxylation is 2. The zero-order valence-corrected chi connectivity index (χ0v) is 10.1. The summed E-state index contributed by atoms with van der Waals surface area (Å²) in [5.74, 6) is -0.829. The van der Waals surface area contributed by atoms with E-state index in [-0.39, 0.29) is 6.42 Å². The fourth-order valence-corrected chi connectivity index (χ4v) is 1.62. The van der Waals surface area contributed by atoms with E-state index in [2.05, 4.69) is 15.3 Å². The van der Waals surface area contributed by atoms with Crippen molar-refractivity contribution in [2.75, 3.05) is 0 Å². The Kier molecular flexibility index (Phi) is 3.66. The second-order valence-electron chi connectivity index (χ2n) is 4.07. The highest BCUT2D eigenvalue weighted by Gasteiger charge is 2.05. The average molecular weight is 246 g/mol. The van der Waals surface area contributed by atoms with Crippen LogP contribution in [0.5, 0.6) is 0 Å². The van der Waals surface area contributed by atoms with Gasteiger partial charge in [-0.25, -0.2) is 4.68 Å². The number of aliphatic carboxylic acids is 1. The fourth-order valence-electron chi connectivity index (χ4n) is 1.62. The Morgan fingerprint density at radius 1 is 1.39 bits per heavy atom. The lowest BCUT2D eigenvalue weighted by molar-refractivity contribution is -0.136. The number of hydrogen-bond donors (Lipinski definition) is 1. The molecule has 94 valence electrons. The molecule has 0 radical (unpaired) electrons. The number of aromatic nitrogens is 4. The molecule has 0 bridgehead atoms. The zero-order chi connectivity index (χ0) is 13.0. The molecule has 0 aliphatic heterocycles. The van der Waals surface area contributed by atoms with Gasteiger partial charge in [-0.3, -0.25) is 9.78 Å². The van der Waals surface area contributed by atoms with E-state index in [1.807, 2.05) is 25.1 Å². The lowest BCUT2D eigenvalue weighted by Gasteiger charge is -2.00. The van der Waals surface area contributed by atoms with E-state index < -0.39 is 5.97 Å². The highest BCUT2D eigenvalue weighted by Crippen LogP contribution is 2.03. The molecule has 0 aliphatic carbocycles. The fraction of sp³-hybridized carbons (Fsp3) is 0.333. The minimum absolute atomic E-state index is 0.0708. The number of hydrogen-bond acceptors (Lipinski definition) is 4. The van der Waals surface area contributed by atoms with Gasteiger partial charge in [0.25, 0.3) is 0 Å². The summed E-state index contributed by atoms with van der Waals surface area (Å²) in [5.41, 5.74) is 2.55. The predicted octanol–water partition coefficient (Wildman–Crippen LogP) is 1.05. The van der Waals surface area contributed by atoms with Crippen molar-refractivity contribution >= 4 is 5.97 Å². The molecule has 0 spiro atoms. The maximum Gasteiger partial charge on any atom is 0.303 e. The van der Waals surface area contributed by atoms with Gasteiger partial charge in [0.1, 0.15) is 0 Å². The third-order valence-corrected chi connectivity index (χ3v) is 2.45. The molecule has 0 saturated carbocycles. The number of carboxylic acid groups (broad SMARTS) is 1. The predicted molar refractivity (Wildman–Crippen MR) is 64.1 cm³/mol. The van der Waals surface area contributed by atoms with Gasteiger partial charge in [-0.05, 0) is 19.1 Å². The summed E-state index contributed by atoms with van der Waals surface area (Å²) in [4.78, 5) is 14.8. The Labute approximate surface area is 104 Å². The molecule has 0 unspecified atom stereocenters. The van der Waals surface area contributed by atoms with Gasteiger partial charge in [-0.2, -0.15) is 0 Å². The van der Waals surface area contributed by atoms with Crippen LogP contribution < -0.4 is 0 Å². The minimum Gasteiger partial charge on any atom is -0.481 e. The molecular formula is C12H14N4O2. The molecule has 2 aromatic heterocycles. The van der Waals surface area contributed by atoms with Crippen LogP contribution in [-0.4, -0.2) is 31.1 Å². The number of pyridine rings is 1. The highest BCUT2D eigenvalue weighted by molar-refractivity contribution is 5.66.